The minimum atomic E-state index is -4.83. The van der Waals surface area contributed by atoms with Crippen molar-refractivity contribution in [2.24, 2.45) is 0 Å². The second-order valence-corrected chi connectivity index (χ2v) is 6.37. The van der Waals surface area contributed by atoms with Crippen molar-refractivity contribution < 1.29 is 30.7 Å². The third-order valence-electron chi connectivity index (χ3n) is 4.29. The Balaban J connectivity index is 1.68. The van der Waals surface area contributed by atoms with Gasteiger partial charge in [0.05, 0.1) is 29.2 Å². The molecule has 0 radical (unpaired) electrons. The number of halogens is 7. The molecule has 0 unspecified atom stereocenters. The summed E-state index contributed by atoms with van der Waals surface area (Å²) in [6.07, 6.45) is -5.84. The van der Waals surface area contributed by atoms with Crippen molar-refractivity contribution in [1.29, 1.82) is 0 Å². The highest BCUT2D eigenvalue weighted by Gasteiger charge is 2.35. The maximum Gasteiger partial charge on any atom is 0.419 e. The van der Waals surface area contributed by atoms with Gasteiger partial charge in [0.1, 0.15) is 5.82 Å². The number of pyridine rings is 1. The van der Waals surface area contributed by atoms with Crippen LogP contribution in [0, 0.1) is 5.82 Å². The fourth-order valence-electron chi connectivity index (χ4n) is 2.93. The quantitative estimate of drug-likeness (QED) is 0.414. The number of benzene rings is 1. The van der Waals surface area contributed by atoms with Gasteiger partial charge in [0.2, 0.25) is 0 Å². The molecule has 0 amide bonds. The van der Waals surface area contributed by atoms with Crippen molar-refractivity contribution in [3.63, 3.8) is 0 Å². The average Bonchev–Trinajstić information content (AvgIpc) is 3.08. The summed E-state index contributed by atoms with van der Waals surface area (Å²) < 4.78 is 92.7. The van der Waals surface area contributed by atoms with E-state index in [2.05, 4.69) is 20.4 Å². The van der Waals surface area contributed by atoms with Crippen LogP contribution in [-0.2, 0) is 12.4 Å². The first kappa shape index (κ1) is 20.6. The number of hydrogen-bond acceptors (Lipinski definition) is 4. The van der Waals surface area contributed by atoms with Gasteiger partial charge >= 0.3 is 12.4 Å². The first-order valence-corrected chi connectivity index (χ1v) is 8.54. The van der Waals surface area contributed by atoms with Crippen LogP contribution in [0.5, 0.6) is 0 Å². The van der Waals surface area contributed by atoms with Crippen molar-refractivity contribution >= 4 is 17.2 Å². The number of fused-ring (bicyclic) bond motifs is 1. The third-order valence-corrected chi connectivity index (χ3v) is 4.29. The molecule has 0 spiro atoms. The Morgan fingerprint density at radius 2 is 1.58 bits per heavy atom. The van der Waals surface area contributed by atoms with Crippen LogP contribution in [0.15, 0.2) is 55.0 Å². The standard InChI is InChI=1S/C19H10F7N5/c20-14-7-11(3-4-12(14)18(21,22)23)30-16-9-28-15-6-10(8-29-31(15)16)17-13(19(24,25)26)2-1-5-27-17/h1-9,30H. The Morgan fingerprint density at radius 1 is 0.839 bits per heavy atom. The molecule has 160 valence electrons. The number of rotatable bonds is 3. The molecule has 0 atom stereocenters. The fraction of sp³-hybridized carbons (Fsp3) is 0.105. The van der Waals surface area contributed by atoms with Crippen LogP contribution < -0.4 is 5.32 Å². The minimum absolute atomic E-state index is 0.00209. The first-order valence-electron chi connectivity index (χ1n) is 8.54. The van der Waals surface area contributed by atoms with Crippen LogP contribution in [0.4, 0.5) is 42.2 Å². The summed E-state index contributed by atoms with van der Waals surface area (Å²) >= 11 is 0. The maximum atomic E-state index is 13.8. The molecule has 31 heavy (non-hydrogen) atoms. The van der Waals surface area contributed by atoms with Crippen LogP contribution in [0.3, 0.4) is 0 Å². The molecule has 0 aliphatic heterocycles. The predicted molar refractivity (Wildman–Crippen MR) is 95.9 cm³/mol. The van der Waals surface area contributed by atoms with Gasteiger partial charge in [-0.3, -0.25) is 4.98 Å². The van der Waals surface area contributed by atoms with Gasteiger partial charge in [-0.05, 0) is 36.4 Å². The third kappa shape index (κ3) is 4.00. The predicted octanol–water partition coefficient (Wildman–Crippen LogP) is 5.71. The lowest BCUT2D eigenvalue weighted by atomic mass is 10.1. The Labute approximate surface area is 169 Å². The van der Waals surface area contributed by atoms with E-state index in [0.29, 0.717) is 12.1 Å². The van der Waals surface area contributed by atoms with Gasteiger partial charge in [0, 0.05) is 17.4 Å². The van der Waals surface area contributed by atoms with Gasteiger partial charge in [-0.2, -0.15) is 36.0 Å². The highest BCUT2D eigenvalue weighted by atomic mass is 19.4. The van der Waals surface area contributed by atoms with E-state index in [1.807, 2.05) is 0 Å². The van der Waals surface area contributed by atoms with E-state index in [-0.39, 0.29) is 28.4 Å². The molecule has 0 fully saturated rings. The number of nitrogens with one attached hydrogen (secondary N) is 1. The lowest BCUT2D eigenvalue weighted by molar-refractivity contribution is -0.140. The molecule has 1 aromatic carbocycles. The number of anilines is 2. The Hall–Kier alpha value is -3.70. The van der Waals surface area contributed by atoms with Crippen molar-refractivity contribution in [2.45, 2.75) is 12.4 Å². The van der Waals surface area contributed by atoms with Gasteiger partial charge in [-0.1, -0.05) is 0 Å². The lowest BCUT2D eigenvalue weighted by Crippen LogP contribution is -2.09. The molecule has 5 nitrogen and oxygen atoms in total. The Morgan fingerprint density at radius 3 is 2.26 bits per heavy atom. The topological polar surface area (TPSA) is 55.1 Å². The first-order chi connectivity index (χ1) is 14.5. The molecular formula is C19H10F7N5. The summed E-state index contributed by atoms with van der Waals surface area (Å²) in [6.45, 7) is 0. The van der Waals surface area contributed by atoms with E-state index in [0.717, 1.165) is 18.3 Å². The smallest absolute Gasteiger partial charge is 0.339 e. The minimum Gasteiger partial charge on any atom is -0.339 e. The summed E-state index contributed by atoms with van der Waals surface area (Å²) in [4.78, 5) is 7.82. The number of alkyl halides is 6. The monoisotopic (exact) mass is 441 g/mol. The summed E-state index contributed by atoms with van der Waals surface area (Å²) in [5.41, 5.74) is -2.46. The second kappa shape index (κ2) is 7.22. The Bertz CT molecular complexity index is 1260. The zero-order valence-electron chi connectivity index (χ0n) is 15.1. The molecule has 4 rings (SSSR count). The zero-order chi connectivity index (χ0) is 22.4. The molecule has 0 aliphatic carbocycles. The zero-order valence-corrected chi connectivity index (χ0v) is 15.1. The van der Waals surface area contributed by atoms with E-state index >= 15 is 0 Å². The summed E-state index contributed by atoms with van der Waals surface area (Å²) in [5.74, 6) is -1.30. The van der Waals surface area contributed by atoms with Crippen LogP contribution >= 0.6 is 0 Å². The van der Waals surface area contributed by atoms with E-state index < -0.39 is 29.3 Å². The molecule has 4 aromatic rings. The maximum absolute atomic E-state index is 13.8. The van der Waals surface area contributed by atoms with Crippen LogP contribution in [0.2, 0.25) is 0 Å². The van der Waals surface area contributed by atoms with Crippen molar-refractivity contribution in [3.8, 4) is 11.3 Å². The SMILES string of the molecule is Fc1cc(Nc2cnc3cc(-c4ncccc4C(F)(F)F)cnn23)ccc1C(F)(F)F. The van der Waals surface area contributed by atoms with Gasteiger partial charge in [0.25, 0.3) is 0 Å². The molecule has 12 heteroatoms. The highest BCUT2D eigenvalue weighted by molar-refractivity contribution is 5.68. The van der Waals surface area contributed by atoms with Gasteiger partial charge in [-0.25, -0.2) is 9.37 Å². The van der Waals surface area contributed by atoms with E-state index in [1.54, 1.807) is 0 Å². The summed E-state index contributed by atoms with van der Waals surface area (Å²) in [7, 11) is 0. The Kier molecular flexibility index (Phi) is 4.79. The van der Waals surface area contributed by atoms with Gasteiger partial charge < -0.3 is 5.32 Å². The molecule has 1 N–H and O–H groups in total. The van der Waals surface area contributed by atoms with E-state index in [1.165, 1.54) is 29.0 Å². The summed E-state index contributed by atoms with van der Waals surface area (Å²) in [6, 6.07) is 5.67. The second-order valence-electron chi connectivity index (χ2n) is 6.37. The van der Waals surface area contributed by atoms with Crippen LogP contribution in [-0.4, -0.2) is 19.6 Å². The molecule has 3 aromatic heterocycles. The van der Waals surface area contributed by atoms with Crippen molar-refractivity contribution in [1.82, 2.24) is 19.6 Å². The van der Waals surface area contributed by atoms with E-state index in [4.69, 9.17) is 0 Å². The largest absolute Gasteiger partial charge is 0.419 e. The fourth-order valence-corrected chi connectivity index (χ4v) is 2.93. The molecule has 0 bridgehead atoms. The van der Waals surface area contributed by atoms with Gasteiger partial charge in [-0.15, -0.1) is 0 Å². The van der Waals surface area contributed by atoms with E-state index in [9.17, 15) is 30.7 Å². The van der Waals surface area contributed by atoms with Crippen LogP contribution in [0.25, 0.3) is 16.9 Å². The number of hydrogen-bond donors (Lipinski definition) is 1. The molecule has 0 saturated carbocycles. The molecular weight excluding hydrogens is 431 g/mol. The molecule has 0 aliphatic rings. The van der Waals surface area contributed by atoms with Crippen molar-refractivity contribution in [3.05, 3.63) is 71.9 Å². The summed E-state index contributed by atoms with van der Waals surface area (Å²) in [5, 5.41) is 6.70. The number of imidazole rings is 1. The normalized spacial score (nSPS) is 12.4. The molecule has 0 saturated heterocycles. The van der Waals surface area contributed by atoms with Crippen molar-refractivity contribution in [2.75, 3.05) is 5.32 Å². The van der Waals surface area contributed by atoms with Crippen LogP contribution in [0.1, 0.15) is 11.1 Å². The number of aromatic nitrogens is 4. The highest BCUT2D eigenvalue weighted by Crippen LogP contribution is 2.36. The lowest BCUT2D eigenvalue weighted by Gasteiger charge is -2.12. The average molecular weight is 441 g/mol. The van der Waals surface area contributed by atoms with Gasteiger partial charge in [0.15, 0.2) is 11.5 Å². The molecule has 3 heterocycles. The number of nitrogens with zero attached hydrogens (tertiary/aromatic N) is 4.